The van der Waals surface area contributed by atoms with E-state index < -0.39 is 5.54 Å². The lowest BCUT2D eigenvalue weighted by Crippen LogP contribution is -2.46. The summed E-state index contributed by atoms with van der Waals surface area (Å²) in [5.74, 6) is 1.47. The van der Waals surface area contributed by atoms with Crippen LogP contribution in [0.2, 0.25) is 0 Å². The summed E-state index contributed by atoms with van der Waals surface area (Å²) in [6.07, 6.45) is 3.47. The average molecular weight is 408 g/mol. The minimum atomic E-state index is -0.966. The summed E-state index contributed by atoms with van der Waals surface area (Å²) in [5, 5.41) is 0. The lowest BCUT2D eigenvalue weighted by Gasteiger charge is -2.38. The molecule has 2 atom stereocenters. The molecule has 134 valence electrons. The van der Waals surface area contributed by atoms with Crippen molar-refractivity contribution >= 4 is 27.8 Å². The van der Waals surface area contributed by atoms with Crippen molar-refractivity contribution in [1.82, 2.24) is 4.90 Å². The van der Waals surface area contributed by atoms with Crippen LogP contribution in [0.25, 0.3) is 0 Å². The van der Waals surface area contributed by atoms with Crippen molar-refractivity contribution in [2.24, 2.45) is 16.6 Å². The van der Waals surface area contributed by atoms with Gasteiger partial charge in [0.05, 0.1) is 0 Å². The monoisotopic (exact) mass is 407 g/mol. The molecular formula is C18H22BrN3O3. The highest BCUT2D eigenvalue weighted by atomic mass is 79.9. The summed E-state index contributed by atoms with van der Waals surface area (Å²) >= 11 is 3.49. The highest BCUT2D eigenvalue weighted by Gasteiger charge is 2.53. The summed E-state index contributed by atoms with van der Waals surface area (Å²) in [6, 6.07) is 5.77. The van der Waals surface area contributed by atoms with Crippen LogP contribution in [0.5, 0.6) is 5.75 Å². The zero-order valence-electron chi connectivity index (χ0n) is 14.2. The number of aliphatic imine (C=N–C) groups is 1. The van der Waals surface area contributed by atoms with E-state index in [0.717, 1.165) is 48.3 Å². The normalized spacial score (nSPS) is 29.5. The van der Waals surface area contributed by atoms with Gasteiger partial charge in [0.1, 0.15) is 11.9 Å². The zero-order chi connectivity index (χ0) is 17.6. The second-order valence-corrected chi connectivity index (χ2v) is 7.99. The Morgan fingerprint density at radius 2 is 2.16 bits per heavy atom. The van der Waals surface area contributed by atoms with Crippen LogP contribution in [0.4, 0.5) is 0 Å². The quantitative estimate of drug-likeness (QED) is 0.816. The number of hydrogen-bond donors (Lipinski definition) is 1. The van der Waals surface area contributed by atoms with Crippen molar-refractivity contribution in [2.45, 2.75) is 37.3 Å². The largest absolute Gasteiger partial charge is 0.490 e. The Bertz CT molecular complexity index is 732. The second-order valence-electron chi connectivity index (χ2n) is 7.07. The molecule has 1 saturated heterocycles. The van der Waals surface area contributed by atoms with Gasteiger partial charge in [0.25, 0.3) is 5.91 Å². The van der Waals surface area contributed by atoms with Gasteiger partial charge in [0.15, 0.2) is 11.5 Å². The maximum atomic E-state index is 13.0. The maximum Gasteiger partial charge on any atom is 0.261 e. The Morgan fingerprint density at radius 1 is 1.40 bits per heavy atom. The summed E-state index contributed by atoms with van der Waals surface area (Å²) in [7, 11) is 1.68. The van der Waals surface area contributed by atoms with Gasteiger partial charge >= 0.3 is 0 Å². The number of likely N-dealkylation sites (N-methyl/N-ethyl adjacent to an activating group) is 1. The molecule has 2 unspecified atom stereocenters. The molecule has 25 heavy (non-hydrogen) atoms. The molecule has 1 fully saturated rings. The Morgan fingerprint density at radius 3 is 2.84 bits per heavy atom. The molecule has 4 rings (SSSR count). The minimum absolute atomic E-state index is 0.0521. The number of nitrogens with zero attached hydrogens (tertiary/aromatic N) is 2. The summed E-state index contributed by atoms with van der Waals surface area (Å²) in [5.41, 5.74) is 5.81. The number of rotatable bonds is 2. The molecule has 1 aromatic rings. The average Bonchev–Trinajstić information content (AvgIpc) is 2.81. The number of hydrogen-bond acceptors (Lipinski definition) is 5. The molecule has 1 aromatic carbocycles. The van der Waals surface area contributed by atoms with Crippen molar-refractivity contribution in [3.05, 3.63) is 28.2 Å². The highest BCUT2D eigenvalue weighted by Crippen LogP contribution is 2.47. The number of halogens is 1. The Labute approximate surface area is 155 Å². The number of nitrogens with two attached hydrogens (primary N) is 1. The molecule has 0 radical (unpaired) electrons. The van der Waals surface area contributed by atoms with Crippen molar-refractivity contribution in [1.29, 1.82) is 0 Å². The van der Waals surface area contributed by atoms with Gasteiger partial charge in [-0.15, -0.1) is 0 Å². The smallest absolute Gasteiger partial charge is 0.261 e. The van der Waals surface area contributed by atoms with Crippen LogP contribution in [-0.2, 0) is 15.1 Å². The molecule has 7 heteroatoms. The summed E-state index contributed by atoms with van der Waals surface area (Å²) in [6.45, 7) is 1.61. The van der Waals surface area contributed by atoms with E-state index in [-0.39, 0.29) is 18.0 Å². The molecule has 0 bridgehead atoms. The van der Waals surface area contributed by atoms with Gasteiger partial charge in [-0.05, 0) is 43.4 Å². The number of ether oxygens (including phenoxy) is 2. The van der Waals surface area contributed by atoms with E-state index in [1.807, 2.05) is 18.2 Å². The van der Waals surface area contributed by atoms with Crippen LogP contribution in [-0.4, -0.2) is 43.1 Å². The molecule has 1 spiro atoms. The van der Waals surface area contributed by atoms with E-state index in [1.54, 1.807) is 7.05 Å². The third-order valence-electron chi connectivity index (χ3n) is 5.45. The number of fused-ring (bicyclic) bond motifs is 2. The van der Waals surface area contributed by atoms with Crippen LogP contribution >= 0.6 is 15.9 Å². The fourth-order valence-electron chi connectivity index (χ4n) is 4.08. The summed E-state index contributed by atoms with van der Waals surface area (Å²) < 4.78 is 12.6. The maximum absolute atomic E-state index is 13.0. The van der Waals surface area contributed by atoms with Crippen molar-refractivity contribution in [2.75, 3.05) is 20.3 Å². The number of amides is 1. The first-order valence-electron chi connectivity index (χ1n) is 8.67. The number of carbonyl (C=O) groups is 1. The fourth-order valence-corrected chi connectivity index (χ4v) is 4.44. The summed E-state index contributed by atoms with van der Waals surface area (Å²) in [4.78, 5) is 19.1. The predicted molar refractivity (Wildman–Crippen MR) is 97.4 cm³/mol. The third kappa shape index (κ3) is 2.83. The molecule has 0 saturated carbocycles. The van der Waals surface area contributed by atoms with Gasteiger partial charge in [-0.3, -0.25) is 9.69 Å². The lowest BCUT2D eigenvalue weighted by atomic mass is 9.79. The predicted octanol–water partition coefficient (Wildman–Crippen LogP) is 2.40. The second kappa shape index (κ2) is 6.29. The number of guanidine groups is 1. The van der Waals surface area contributed by atoms with Crippen molar-refractivity contribution in [3.8, 4) is 5.75 Å². The van der Waals surface area contributed by atoms with Crippen LogP contribution in [0.1, 0.15) is 31.2 Å². The zero-order valence-corrected chi connectivity index (χ0v) is 15.8. The fraction of sp³-hybridized carbons (Fsp3) is 0.556. The van der Waals surface area contributed by atoms with E-state index in [1.165, 1.54) is 4.90 Å². The molecular weight excluding hydrogens is 386 g/mol. The van der Waals surface area contributed by atoms with Crippen LogP contribution in [0, 0.1) is 5.92 Å². The Hall–Kier alpha value is -1.60. The van der Waals surface area contributed by atoms with E-state index in [9.17, 15) is 4.79 Å². The minimum Gasteiger partial charge on any atom is -0.490 e. The Kier molecular flexibility index (Phi) is 4.24. The van der Waals surface area contributed by atoms with Gasteiger partial charge in [-0.1, -0.05) is 15.9 Å². The van der Waals surface area contributed by atoms with Crippen molar-refractivity contribution in [3.63, 3.8) is 0 Å². The highest BCUT2D eigenvalue weighted by molar-refractivity contribution is 9.10. The van der Waals surface area contributed by atoms with Gasteiger partial charge in [-0.25, -0.2) is 4.99 Å². The molecule has 3 aliphatic rings. The van der Waals surface area contributed by atoms with E-state index in [2.05, 4.69) is 20.9 Å². The van der Waals surface area contributed by atoms with Gasteiger partial charge in [-0.2, -0.15) is 0 Å². The van der Waals surface area contributed by atoms with Gasteiger partial charge in [0, 0.05) is 36.7 Å². The van der Waals surface area contributed by atoms with Crippen LogP contribution in [0.3, 0.4) is 0 Å². The van der Waals surface area contributed by atoms with E-state index in [0.29, 0.717) is 12.3 Å². The van der Waals surface area contributed by atoms with Gasteiger partial charge < -0.3 is 15.2 Å². The molecule has 1 amide bonds. The van der Waals surface area contributed by atoms with Crippen LogP contribution < -0.4 is 10.5 Å². The van der Waals surface area contributed by atoms with Crippen molar-refractivity contribution < 1.29 is 14.3 Å². The third-order valence-corrected chi connectivity index (χ3v) is 5.94. The number of benzene rings is 1. The first-order valence-corrected chi connectivity index (χ1v) is 9.47. The number of carbonyl (C=O) groups excluding carboxylic acids is 1. The first-order chi connectivity index (χ1) is 12.0. The van der Waals surface area contributed by atoms with Gasteiger partial charge in [0.2, 0.25) is 0 Å². The van der Waals surface area contributed by atoms with E-state index in [4.69, 9.17) is 15.2 Å². The molecule has 0 aromatic heterocycles. The molecule has 0 aliphatic carbocycles. The SMILES string of the molecule is CN1C(=O)C2(CC(CC3CCOCC3)Oc3ccc(Br)cc32)N=C1N. The molecule has 3 heterocycles. The lowest BCUT2D eigenvalue weighted by molar-refractivity contribution is -0.132. The topological polar surface area (TPSA) is 77.2 Å². The first kappa shape index (κ1) is 16.8. The molecule has 3 aliphatic heterocycles. The molecule has 2 N–H and O–H groups in total. The Balaban J connectivity index is 1.70. The molecule has 6 nitrogen and oxygen atoms in total. The van der Waals surface area contributed by atoms with Crippen LogP contribution in [0.15, 0.2) is 27.7 Å². The standard InChI is InChI=1S/C18H22BrN3O3/c1-22-16(23)18(21-17(22)20)10-13(8-11-4-6-24-7-5-11)25-15-3-2-12(19)9-14(15)18/h2-3,9,11,13H,4-8,10H2,1H3,(H2,20,21). The van der Waals surface area contributed by atoms with E-state index >= 15 is 0 Å².